The van der Waals surface area contributed by atoms with Gasteiger partial charge in [-0.15, -0.1) is 0 Å². The van der Waals surface area contributed by atoms with Crippen LogP contribution in [-0.4, -0.2) is 37.1 Å². The number of carbonyl (C=O) groups excluding carboxylic acids is 1. The molecule has 0 aliphatic heterocycles. The van der Waals surface area contributed by atoms with E-state index in [4.69, 9.17) is 0 Å². The minimum Gasteiger partial charge on any atom is -0.275 e. The highest BCUT2D eigenvalue weighted by Crippen LogP contribution is 1.86. The van der Waals surface area contributed by atoms with E-state index in [0.717, 1.165) is 0 Å². The van der Waals surface area contributed by atoms with E-state index < -0.39 is 0 Å². The lowest BCUT2D eigenvalue weighted by atomic mass is 10.6. The Morgan fingerprint density at radius 2 is 1.89 bits per heavy atom. The average molecular weight is 128 g/mol. The van der Waals surface area contributed by atoms with Gasteiger partial charge < -0.3 is 0 Å². The van der Waals surface area contributed by atoms with Gasteiger partial charge in [0.2, 0.25) is 0 Å². The van der Waals surface area contributed by atoms with Gasteiger partial charge in [-0.25, -0.2) is 5.01 Å². The van der Waals surface area contributed by atoms with Crippen LogP contribution in [0.3, 0.4) is 0 Å². The Labute approximate surface area is 55.5 Å². The number of hydrogen-bond acceptors (Lipinski definition) is 2. The number of carbonyl (C=O) groups is 1. The lowest BCUT2D eigenvalue weighted by Crippen LogP contribution is -2.37. The molecule has 0 saturated carbocycles. The molecule has 0 aliphatic carbocycles. The van der Waals surface area contributed by atoms with Gasteiger partial charge in [-0.2, -0.15) is 0 Å². The molecule has 0 aromatic heterocycles. The molecule has 0 bridgehead atoms. The summed E-state index contributed by atoms with van der Waals surface area (Å²) in [4.78, 5) is 10.7. The lowest BCUT2D eigenvalue weighted by molar-refractivity contribution is -0.136. The largest absolute Gasteiger partial charge is 0.275 e. The topological polar surface area (TPSA) is 23.6 Å². The summed E-state index contributed by atoms with van der Waals surface area (Å²) < 4.78 is 0. The Kier molecular flexibility index (Phi) is 2.95. The minimum atomic E-state index is -0.0972. The van der Waals surface area contributed by atoms with Gasteiger partial charge in [0.1, 0.15) is 0 Å². The highest BCUT2D eigenvalue weighted by Gasteiger charge is 2.03. The van der Waals surface area contributed by atoms with Crippen molar-refractivity contribution in [2.24, 2.45) is 0 Å². The molecule has 3 heteroatoms. The predicted octanol–water partition coefficient (Wildman–Crippen LogP) is 0.107. The molecule has 0 atom stereocenters. The highest BCUT2D eigenvalue weighted by molar-refractivity contribution is 5.86. The number of amides is 1. The van der Waals surface area contributed by atoms with Crippen LogP contribution in [0.25, 0.3) is 0 Å². The zero-order valence-electron chi connectivity index (χ0n) is 6.09. The zero-order valence-corrected chi connectivity index (χ0v) is 6.09. The van der Waals surface area contributed by atoms with E-state index in [0.29, 0.717) is 0 Å². The van der Waals surface area contributed by atoms with Crippen LogP contribution < -0.4 is 0 Å². The van der Waals surface area contributed by atoms with Crippen molar-refractivity contribution in [1.82, 2.24) is 10.0 Å². The summed E-state index contributed by atoms with van der Waals surface area (Å²) in [6.45, 7) is 3.35. The molecule has 0 rings (SSSR count). The van der Waals surface area contributed by atoms with E-state index in [1.165, 1.54) is 11.1 Å². The van der Waals surface area contributed by atoms with Crippen molar-refractivity contribution < 1.29 is 4.79 Å². The molecule has 1 amide bonds. The second-order valence-corrected chi connectivity index (χ2v) is 1.91. The van der Waals surface area contributed by atoms with E-state index in [-0.39, 0.29) is 5.91 Å². The van der Waals surface area contributed by atoms with Gasteiger partial charge in [0.05, 0.1) is 0 Å². The first kappa shape index (κ1) is 8.17. The van der Waals surface area contributed by atoms with Gasteiger partial charge in [0, 0.05) is 21.1 Å². The van der Waals surface area contributed by atoms with Gasteiger partial charge in [-0.1, -0.05) is 6.58 Å². The third kappa shape index (κ3) is 2.28. The first-order chi connectivity index (χ1) is 4.09. The minimum absolute atomic E-state index is 0.0972. The average Bonchev–Trinajstić information content (AvgIpc) is 1.84. The van der Waals surface area contributed by atoms with Crippen molar-refractivity contribution in [3.05, 3.63) is 12.7 Å². The summed E-state index contributed by atoms with van der Waals surface area (Å²) in [6.07, 6.45) is 1.28. The summed E-state index contributed by atoms with van der Waals surface area (Å²) in [7, 11) is 5.27. The monoisotopic (exact) mass is 128 g/mol. The van der Waals surface area contributed by atoms with Crippen molar-refractivity contribution in [3.8, 4) is 0 Å². The van der Waals surface area contributed by atoms with E-state index in [1.807, 2.05) is 0 Å². The highest BCUT2D eigenvalue weighted by atomic mass is 16.2. The third-order valence-corrected chi connectivity index (χ3v) is 1.09. The van der Waals surface area contributed by atoms with Crippen LogP contribution >= 0.6 is 0 Å². The summed E-state index contributed by atoms with van der Waals surface area (Å²) in [5, 5.41) is 3.15. The van der Waals surface area contributed by atoms with Gasteiger partial charge >= 0.3 is 0 Å². The van der Waals surface area contributed by atoms with Crippen LogP contribution in [0, 0.1) is 0 Å². The maximum atomic E-state index is 10.7. The molecule has 0 radical (unpaired) electrons. The second kappa shape index (κ2) is 3.25. The van der Waals surface area contributed by atoms with Crippen molar-refractivity contribution >= 4 is 5.91 Å². The number of hydrogen-bond donors (Lipinski definition) is 0. The maximum Gasteiger partial charge on any atom is 0.259 e. The molecular weight excluding hydrogens is 116 g/mol. The fourth-order valence-electron chi connectivity index (χ4n) is 0.329. The summed E-state index contributed by atoms with van der Waals surface area (Å²) in [5.41, 5.74) is 0. The van der Waals surface area contributed by atoms with E-state index in [9.17, 15) is 4.79 Å². The normalized spacial score (nSPS) is 9.33. The predicted molar refractivity (Wildman–Crippen MR) is 36.7 cm³/mol. The smallest absolute Gasteiger partial charge is 0.259 e. The second-order valence-electron chi connectivity index (χ2n) is 1.91. The van der Waals surface area contributed by atoms with E-state index in [2.05, 4.69) is 6.58 Å². The van der Waals surface area contributed by atoms with Crippen molar-refractivity contribution in [2.45, 2.75) is 0 Å². The Hall–Kier alpha value is -0.830. The zero-order chi connectivity index (χ0) is 7.44. The Morgan fingerprint density at radius 1 is 1.44 bits per heavy atom. The Balaban J connectivity index is 3.87. The molecular formula is C6H12N2O. The molecule has 9 heavy (non-hydrogen) atoms. The first-order valence-corrected chi connectivity index (χ1v) is 2.67. The van der Waals surface area contributed by atoms with Gasteiger partial charge in [0.25, 0.3) is 5.91 Å². The van der Waals surface area contributed by atoms with Crippen LogP contribution in [0.4, 0.5) is 0 Å². The molecule has 52 valence electrons. The van der Waals surface area contributed by atoms with Gasteiger partial charge in [0.15, 0.2) is 0 Å². The number of rotatable bonds is 2. The van der Waals surface area contributed by atoms with Crippen LogP contribution in [0.2, 0.25) is 0 Å². The molecule has 0 fully saturated rings. The molecule has 0 aromatic rings. The van der Waals surface area contributed by atoms with Crippen molar-refractivity contribution in [1.29, 1.82) is 0 Å². The molecule has 0 saturated heterocycles. The molecule has 0 unspecified atom stereocenters. The first-order valence-electron chi connectivity index (χ1n) is 2.67. The number of likely N-dealkylation sites (N-methyl/N-ethyl adjacent to an activating group) is 1. The van der Waals surface area contributed by atoms with E-state index in [1.54, 1.807) is 26.2 Å². The van der Waals surface area contributed by atoms with Gasteiger partial charge in [-0.05, 0) is 6.08 Å². The van der Waals surface area contributed by atoms with Gasteiger partial charge in [-0.3, -0.25) is 9.80 Å². The summed E-state index contributed by atoms with van der Waals surface area (Å²) >= 11 is 0. The molecule has 0 heterocycles. The lowest BCUT2D eigenvalue weighted by Gasteiger charge is -2.22. The third-order valence-electron chi connectivity index (χ3n) is 1.09. The molecule has 0 N–H and O–H groups in total. The van der Waals surface area contributed by atoms with Crippen molar-refractivity contribution in [3.63, 3.8) is 0 Å². The van der Waals surface area contributed by atoms with Crippen molar-refractivity contribution in [2.75, 3.05) is 21.1 Å². The maximum absolute atomic E-state index is 10.7. The summed E-state index contributed by atoms with van der Waals surface area (Å²) in [5.74, 6) is -0.0972. The van der Waals surface area contributed by atoms with Crippen LogP contribution in [0.1, 0.15) is 0 Å². The molecule has 3 nitrogen and oxygen atoms in total. The van der Waals surface area contributed by atoms with E-state index >= 15 is 0 Å². The van der Waals surface area contributed by atoms with Crippen LogP contribution in [0.15, 0.2) is 12.7 Å². The standard InChI is InChI=1S/C6H12N2O/c1-5-6(9)8(4)7(2)3/h5H,1H2,2-4H3. The number of nitrogens with zero attached hydrogens (tertiary/aromatic N) is 2. The van der Waals surface area contributed by atoms with Crippen LogP contribution in [-0.2, 0) is 4.79 Å². The fourth-order valence-corrected chi connectivity index (χ4v) is 0.329. The Morgan fingerprint density at radius 3 is 2.00 bits per heavy atom. The molecule has 0 aliphatic rings. The molecule has 0 aromatic carbocycles. The fraction of sp³-hybridized carbons (Fsp3) is 0.500. The van der Waals surface area contributed by atoms with Crippen LogP contribution in [0.5, 0.6) is 0 Å². The SMILES string of the molecule is C=CC(=O)N(C)N(C)C. The quantitative estimate of drug-likeness (QED) is 0.389. The Bertz CT molecular complexity index is 120. The number of hydrazine groups is 1. The molecule has 0 spiro atoms. The summed E-state index contributed by atoms with van der Waals surface area (Å²) in [6, 6.07) is 0.